The molecule has 17 heavy (non-hydrogen) atoms. The lowest BCUT2D eigenvalue weighted by atomic mass is 9.77. The van der Waals surface area contributed by atoms with Crippen molar-refractivity contribution in [2.75, 3.05) is 13.1 Å². The predicted molar refractivity (Wildman–Crippen MR) is 68.0 cm³/mol. The van der Waals surface area contributed by atoms with Crippen LogP contribution in [-0.2, 0) is 4.79 Å². The number of aliphatic carboxylic acids is 1. The van der Waals surface area contributed by atoms with Gasteiger partial charge in [0, 0.05) is 12.6 Å². The number of likely N-dealkylation sites (tertiary alicyclic amines) is 1. The molecule has 2 unspecified atom stereocenters. The number of carboxylic acids is 1. The Labute approximate surface area is 104 Å². The molecule has 1 saturated carbocycles. The minimum absolute atomic E-state index is 0.472. The maximum absolute atomic E-state index is 11.5. The number of carbonyl (C=O) groups is 1. The van der Waals surface area contributed by atoms with Gasteiger partial charge in [-0.1, -0.05) is 13.8 Å². The Kier molecular flexibility index (Phi) is 3.76. The molecule has 1 N–H and O–H groups in total. The third-order valence-electron chi connectivity index (χ3n) is 4.79. The lowest BCUT2D eigenvalue weighted by molar-refractivity contribution is -0.153. The molecular formula is C14H25NO2. The van der Waals surface area contributed by atoms with Gasteiger partial charge in [0.25, 0.3) is 0 Å². The van der Waals surface area contributed by atoms with Crippen LogP contribution in [-0.4, -0.2) is 35.1 Å². The summed E-state index contributed by atoms with van der Waals surface area (Å²) in [4.78, 5) is 14.0. The molecular weight excluding hydrogens is 214 g/mol. The minimum Gasteiger partial charge on any atom is -0.481 e. The molecule has 98 valence electrons. The standard InChI is InChI=1S/C14H25NO2/c1-3-12(11-6-7-11)15-9-5-8-14(4-2,10-15)13(16)17/h11-12H,3-10H2,1-2H3,(H,16,17). The first-order valence-corrected chi connectivity index (χ1v) is 7.10. The van der Waals surface area contributed by atoms with Crippen molar-refractivity contribution in [2.45, 2.75) is 58.4 Å². The van der Waals surface area contributed by atoms with Crippen molar-refractivity contribution in [2.24, 2.45) is 11.3 Å². The van der Waals surface area contributed by atoms with Crippen LogP contribution in [0.1, 0.15) is 52.4 Å². The highest BCUT2D eigenvalue weighted by Gasteiger charge is 2.44. The van der Waals surface area contributed by atoms with E-state index in [1.165, 1.54) is 19.3 Å². The van der Waals surface area contributed by atoms with E-state index in [-0.39, 0.29) is 0 Å². The Balaban J connectivity index is 2.07. The molecule has 0 amide bonds. The number of piperidine rings is 1. The predicted octanol–water partition coefficient (Wildman–Crippen LogP) is 2.75. The van der Waals surface area contributed by atoms with E-state index in [1.807, 2.05) is 6.92 Å². The quantitative estimate of drug-likeness (QED) is 0.802. The Hall–Kier alpha value is -0.570. The first-order valence-electron chi connectivity index (χ1n) is 7.10. The number of nitrogens with zero attached hydrogens (tertiary/aromatic N) is 1. The van der Waals surface area contributed by atoms with E-state index < -0.39 is 11.4 Å². The van der Waals surface area contributed by atoms with Gasteiger partial charge in [0.2, 0.25) is 0 Å². The second-order valence-corrected chi connectivity index (χ2v) is 5.83. The molecule has 3 nitrogen and oxygen atoms in total. The summed E-state index contributed by atoms with van der Waals surface area (Å²) in [5, 5.41) is 9.49. The molecule has 0 bridgehead atoms. The van der Waals surface area contributed by atoms with Crippen LogP contribution in [0.5, 0.6) is 0 Å². The maximum Gasteiger partial charge on any atom is 0.310 e. The molecule has 2 atom stereocenters. The van der Waals surface area contributed by atoms with Crippen molar-refractivity contribution in [1.29, 1.82) is 0 Å². The van der Waals surface area contributed by atoms with Gasteiger partial charge < -0.3 is 5.11 Å². The smallest absolute Gasteiger partial charge is 0.310 e. The maximum atomic E-state index is 11.5. The average Bonchev–Trinajstić information content (AvgIpc) is 3.14. The largest absolute Gasteiger partial charge is 0.481 e. The monoisotopic (exact) mass is 239 g/mol. The number of hydrogen-bond acceptors (Lipinski definition) is 2. The highest BCUT2D eigenvalue weighted by molar-refractivity contribution is 5.75. The van der Waals surface area contributed by atoms with E-state index >= 15 is 0 Å². The summed E-state index contributed by atoms with van der Waals surface area (Å²) in [6, 6.07) is 0.639. The molecule has 2 fully saturated rings. The fraction of sp³-hybridized carbons (Fsp3) is 0.929. The topological polar surface area (TPSA) is 40.5 Å². The first-order chi connectivity index (χ1) is 8.13. The Morgan fingerprint density at radius 1 is 1.47 bits per heavy atom. The number of rotatable bonds is 5. The Morgan fingerprint density at radius 3 is 2.65 bits per heavy atom. The molecule has 1 aliphatic carbocycles. The van der Waals surface area contributed by atoms with Crippen LogP contribution in [0.25, 0.3) is 0 Å². The van der Waals surface area contributed by atoms with Crippen molar-refractivity contribution >= 4 is 5.97 Å². The van der Waals surface area contributed by atoms with Gasteiger partial charge in [-0.15, -0.1) is 0 Å². The molecule has 3 heteroatoms. The molecule has 2 rings (SSSR count). The van der Waals surface area contributed by atoms with Crippen LogP contribution in [0.3, 0.4) is 0 Å². The van der Waals surface area contributed by atoms with Crippen molar-refractivity contribution in [3.63, 3.8) is 0 Å². The Morgan fingerprint density at radius 2 is 2.18 bits per heavy atom. The lowest BCUT2D eigenvalue weighted by Gasteiger charge is -2.43. The second kappa shape index (κ2) is 4.97. The lowest BCUT2D eigenvalue weighted by Crippen LogP contribution is -2.51. The normalized spacial score (nSPS) is 32.4. The van der Waals surface area contributed by atoms with Crippen LogP contribution in [0, 0.1) is 11.3 Å². The molecule has 0 radical (unpaired) electrons. The van der Waals surface area contributed by atoms with E-state index in [1.54, 1.807) is 0 Å². The molecule has 2 aliphatic rings. The highest BCUT2D eigenvalue weighted by atomic mass is 16.4. The zero-order valence-corrected chi connectivity index (χ0v) is 11.1. The van der Waals surface area contributed by atoms with Crippen molar-refractivity contribution in [3.8, 4) is 0 Å². The van der Waals surface area contributed by atoms with E-state index in [2.05, 4.69) is 11.8 Å². The summed E-state index contributed by atoms with van der Waals surface area (Å²) >= 11 is 0. The highest BCUT2D eigenvalue weighted by Crippen LogP contribution is 2.41. The summed E-state index contributed by atoms with van der Waals surface area (Å²) in [6.07, 6.45) is 6.53. The summed E-state index contributed by atoms with van der Waals surface area (Å²) in [5.41, 5.74) is -0.472. The number of hydrogen-bond donors (Lipinski definition) is 1. The first kappa shape index (κ1) is 12.9. The molecule has 0 aromatic heterocycles. The SMILES string of the molecule is CCC(C1CC1)N1CCCC(CC)(C(=O)O)C1. The van der Waals surface area contributed by atoms with E-state index in [0.717, 1.165) is 38.3 Å². The summed E-state index contributed by atoms with van der Waals surface area (Å²) in [7, 11) is 0. The van der Waals surface area contributed by atoms with Gasteiger partial charge in [0.15, 0.2) is 0 Å². The van der Waals surface area contributed by atoms with Crippen LogP contribution >= 0.6 is 0 Å². The van der Waals surface area contributed by atoms with Gasteiger partial charge in [-0.25, -0.2) is 0 Å². The third kappa shape index (κ3) is 2.49. The van der Waals surface area contributed by atoms with Crippen LogP contribution < -0.4 is 0 Å². The van der Waals surface area contributed by atoms with E-state index in [9.17, 15) is 9.90 Å². The zero-order valence-electron chi connectivity index (χ0n) is 11.1. The van der Waals surface area contributed by atoms with Crippen LogP contribution in [0.4, 0.5) is 0 Å². The zero-order chi connectivity index (χ0) is 12.5. The van der Waals surface area contributed by atoms with Gasteiger partial charge in [-0.2, -0.15) is 0 Å². The fourth-order valence-electron chi connectivity index (χ4n) is 3.44. The minimum atomic E-state index is -0.588. The molecule has 0 spiro atoms. The van der Waals surface area contributed by atoms with Crippen LogP contribution in [0.2, 0.25) is 0 Å². The number of carboxylic acid groups (broad SMARTS) is 1. The summed E-state index contributed by atoms with van der Waals surface area (Å²) in [6.45, 7) is 6.14. The van der Waals surface area contributed by atoms with E-state index in [4.69, 9.17) is 0 Å². The van der Waals surface area contributed by atoms with Crippen molar-refractivity contribution in [3.05, 3.63) is 0 Å². The second-order valence-electron chi connectivity index (χ2n) is 5.83. The summed E-state index contributed by atoms with van der Waals surface area (Å²) < 4.78 is 0. The van der Waals surface area contributed by atoms with Gasteiger partial charge in [0.1, 0.15) is 0 Å². The van der Waals surface area contributed by atoms with Crippen LogP contribution in [0.15, 0.2) is 0 Å². The molecule has 1 heterocycles. The van der Waals surface area contributed by atoms with Crippen molar-refractivity contribution < 1.29 is 9.90 Å². The van der Waals surface area contributed by atoms with Gasteiger partial charge in [-0.3, -0.25) is 9.69 Å². The van der Waals surface area contributed by atoms with E-state index in [0.29, 0.717) is 6.04 Å². The van der Waals surface area contributed by atoms with Gasteiger partial charge in [-0.05, 0) is 51.0 Å². The molecule has 1 aliphatic heterocycles. The summed E-state index contributed by atoms with van der Waals surface area (Å²) in [5.74, 6) is 0.261. The average molecular weight is 239 g/mol. The Bertz CT molecular complexity index is 288. The molecule has 0 aromatic carbocycles. The van der Waals surface area contributed by atoms with Crippen molar-refractivity contribution in [1.82, 2.24) is 4.90 Å². The fourth-order valence-corrected chi connectivity index (χ4v) is 3.44. The third-order valence-corrected chi connectivity index (χ3v) is 4.79. The molecule has 0 aromatic rings. The molecule has 1 saturated heterocycles. The van der Waals surface area contributed by atoms with Gasteiger partial charge in [0.05, 0.1) is 5.41 Å². The van der Waals surface area contributed by atoms with Gasteiger partial charge >= 0.3 is 5.97 Å².